The van der Waals surface area contributed by atoms with E-state index in [-0.39, 0.29) is 23.9 Å². The Hall–Kier alpha value is -3.25. The number of hydrogen-bond acceptors (Lipinski definition) is 4. The maximum Gasteiger partial charge on any atom is 0.262 e. The highest BCUT2D eigenvalue weighted by Gasteiger charge is 2.24. The molecule has 1 aliphatic rings. The van der Waals surface area contributed by atoms with E-state index in [0.29, 0.717) is 6.54 Å². The molecule has 0 atom stereocenters. The molecule has 1 aliphatic carbocycles. The van der Waals surface area contributed by atoms with Crippen LogP contribution in [0.25, 0.3) is 10.2 Å². The predicted molar refractivity (Wildman–Crippen MR) is 133 cm³/mol. The molecule has 0 saturated heterocycles. The lowest BCUT2D eigenvalue weighted by Gasteiger charge is -2.29. The Labute approximate surface area is 197 Å². The zero-order valence-corrected chi connectivity index (χ0v) is 19.6. The van der Waals surface area contributed by atoms with E-state index in [9.17, 15) is 9.59 Å². The van der Waals surface area contributed by atoms with Gasteiger partial charge in [0.15, 0.2) is 0 Å². The Kier molecular flexibility index (Phi) is 6.09. The van der Waals surface area contributed by atoms with E-state index >= 15 is 0 Å². The van der Waals surface area contributed by atoms with Gasteiger partial charge in [0.1, 0.15) is 4.83 Å². The zero-order valence-electron chi connectivity index (χ0n) is 18.7. The normalized spacial score (nSPS) is 13.3. The molecule has 2 heterocycles. The van der Waals surface area contributed by atoms with Crippen LogP contribution in [0.3, 0.4) is 0 Å². The molecule has 0 radical (unpaired) electrons. The van der Waals surface area contributed by atoms with Gasteiger partial charge in [-0.05, 0) is 42.4 Å². The van der Waals surface area contributed by atoms with Crippen LogP contribution in [-0.4, -0.2) is 27.4 Å². The van der Waals surface area contributed by atoms with Crippen molar-refractivity contribution in [2.75, 3.05) is 7.05 Å². The maximum atomic E-state index is 13.3. The van der Waals surface area contributed by atoms with Crippen molar-refractivity contribution < 1.29 is 4.79 Å². The quantitative estimate of drug-likeness (QED) is 0.411. The van der Waals surface area contributed by atoms with Crippen LogP contribution in [0.1, 0.15) is 46.9 Å². The van der Waals surface area contributed by atoms with Gasteiger partial charge in [-0.15, -0.1) is 11.3 Å². The van der Waals surface area contributed by atoms with Crippen molar-refractivity contribution in [3.8, 4) is 0 Å². The summed E-state index contributed by atoms with van der Waals surface area (Å²) in [6.45, 7) is 0.325. The van der Waals surface area contributed by atoms with E-state index in [1.165, 1.54) is 16.9 Å². The van der Waals surface area contributed by atoms with Crippen LogP contribution < -0.4 is 5.56 Å². The molecule has 4 aromatic rings. The summed E-state index contributed by atoms with van der Waals surface area (Å²) in [6, 6.07) is 19.9. The van der Waals surface area contributed by atoms with Gasteiger partial charge in [-0.1, -0.05) is 60.7 Å². The van der Waals surface area contributed by atoms with Gasteiger partial charge in [-0.3, -0.25) is 14.2 Å². The molecule has 0 aliphatic heterocycles. The summed E-state index contributed by atoms with van der Waals surface area (Å²) in [5.41, 5.74) is 3.29. The third-order valence-electron chi connectivity index (χ3n) is 6.52. The predicted octanol–water partition coefficient (Wildman–Crippen LogP) is 4.97. The Morgan fingerprint density at radius 1 is 1.03 bits per heavy atom. The summed E-state index contributed by atoms with van der Waals surface area (Å²) >= 11 is 1.65. The Bertz CT molecular complexity index is 1290. The fourth-order valence-electron chi connectivity index (χ4n) is 4.79. The molecule has 2 aromatic carbocycles. The number of aromatic nitrogens is 2. The second kappa shape index (κ2) is 9.32. The minimum absolute atomic E-state index is 0.00736. The van der Waals surface area contributed by atoms with Crippen molar-refractivity contribution in [3.63, 3.8) is 0 Å². The van der Waals surface area contributed by atoms with E-state index in [1.54, 1.807) is 27.1 Å². The summed E-state index contributed by atoms with van der Waals surface area (Å²) in [7, 11) is 1.84. The van der Waals surface area contributed by atoms with Crippen molar-refractivity contribution in [2.45, 2.75) is 44.7 Å². The van der Waals surface area contributed by atoms with Gasteiger partial charge in [-0.2, -0.15) is 0 Å². The van der Waals surface area contributed by atoms with Gasteiger partial charge in [0, 0.05) is 24.9 Å². The molecule has 0 saturated carbocycles. The molecule has 33 heavy (non-hydrogen) atoms. The van der Waals surface area contributed by atoms with Crippen LogP contribution in [0.2, 0.25) is 0 Å². The molecule has 6 heteroatoms. The number of fused-ring (bicyclic) bond motifs is 3. The number of carbonyl (C=O) groups excluding carboxylic acids is 1. The first-order valence-electron chi connectivity index (χ1n) is 11.5. The van der Waals surface area contributed by atoms with E-state index < -0.39 is 0 Å². The topological polar surface area (TPSA) is 55.2 Å². The molecule has 1 amide bonds. The maximum absolute atomic E-state index is 13.3. The van der Waals surface area contributed by atoms with Gasteiger partial charge in [-0.25, -0.2) is 4.98 Å². The monoisotopic (exact) mass is 457 g/mol. The van der Waals surface area contributed by atoms with Gasteiger partial charge in [0.05, 0.1) is 17.8 Å². The number of amides is 1. The minimum Gasteiger partial charge on any atom is -0.335 e. The minimum atomic E-state index is -0.180. The summed E-state index contributed by atoms with van der Waals surface area (Å²) < 4.78 is 1.61. The highest BCUT2D eigenvalue weighted by Crippen LogP contribution is 2.33. The molecule has 0 N–H and O–H groups in total. The van der Waals surface area contributed by atoms with Crippen LogP contribution in [0, 0.1) is 0 Å². The highest BCUT2D eigenvalue weighted by atomic mass is 32.1. The molecule has 0 spiro atoms. The van der Waals surface area contributed by atoms with E-state index in [1.807, 2.05) is 67.7 Å². The highest BCUT2D eigenvalue weighted by molar-refractivity contribution is 7.18. The van der Waals surface area contributed by atoms with Crippen molar-refractivity contribution in [1.82, 2.24) is 14.5 Å². The third kappa shape index (κ3) is 4.23. The summed E-state index contributed by atoms with van der Waals surface area (Å²) in [6.07, 6.45) is 6.14. The smallest absolute Gasteiger partial charge is 0.262 e. The molecule has 2 aromatic heterocycles. The first-order valence-corrected chi connectivity index (χ1v) is 12.3. The standard InChI is InChI=1S/C27H27N3O2S/c1-29(25(19-10-4-2-5-11-19)20-12-6-3-7-13-20)23(31)16-17-30-18-28-26-24(27(30)32)21-14-8-9-15-22(21)33-26/h2-7,10-13,18,25H,8-9,14-17H2,1H3. The summed E-state index contributed by atoms with van der Waals surface area (Å²) in [5.74, 6) is -0.00736. The van der Waals surface area contributed by atoms with E-state index in [4.69, 9.17) is 0 Å². The fraction of sp³-hybridized carbons (Fsp3) is 0.296. The Morgan fingerprint density at radius 2 is 1.67 bits per heavy atom. The number of nitrogens with zero attached hydrogens (tertiary/aromatic N) is 3. The van der Waals surface area contributed by atoms with Gasteiger partial charge < -0.3 is 4.90 Å². The lowest BCUT2D eigenvalue weighted by molar-refractivity contribution is -0.131. The number of benzene rings is 2. The fourth-order valence-corrected chi connectivity index (χ4v) is 6.01. The average molecular weight is 458 g/mol. The second-order valence-electron chi connectivity index (χ2n) is 8.61. The molecule has 5 rings (SSSR count). The number of thiophene rings is 1. The van der Waals surface area contributed by atoms with E-state index in [0.717, 1.165) is 40.6 Å². The van der Waals surface area contributed by atoms with Crippen molar-refractivity contribution in [2.24, 2.45) is 0 Å². The second-order valence-corrected chi connectivity index (χ2v) is 9.70. The SMILES string of the molecule is CN(C(=O)CCn1cnc2sc3c(c2c1=O)CCCC3)C(c1ccccc1)c1ccccc1. The average Bonchev–Trinajstić information content (AvgIpc) is 3.24. The third-order valence-corrected chi connectivity index (χ3v) is 7.72. The van der Waals surface area contributed by atoms with Gasteiger partial charge in [0.25, 0.3) is 5.56 Å². The largest absolute Gasteiger partial charge is 0.335 e. The van der Waals surface area contributed by atoms with E-state index in [2.05, 4.69) is 4.98 Å². The summed E-state index contributed by atoms with van der Waals surface area (Å²) in [4.78, 5) is 35.0. The molecule has 0 bridgehead atoms. The number of hydrogen-bond donors (Lipinski definition) is 0. The zero-order chi connectivity index (χ0) is 22.8. The van der Waals surface area contributed by atoms with Crippen LogP contribution in [0.15, 0.2) is 71.8 Å². The number of rotatable bonds is 6. The van der Waals surface area contributed by atoms with Gasteiger partial charge in [0.2, 0.25) is 5.91 Å². The lowest BCUT2D eigenvalue weighted by Crippen LogP contribution is -2.33. The molecular formula is C27H27N3O2S. The first kappa shape index (κ1) is 21.6. The van der Waals surface area contributed by atoms with Crippen molar-refractivity contribution >= 4 is 27.5 Å². The molecule has 0 fully saturated rings. The molecule has 5 nitrogen and oxygen atoms in total. The first-order chi connectivity index (χ1) is 16.1. The Balaban J connectivity index is 1.38. The number of carbonyl (C=O) groups is 1. The van der Waals surface area contributed by atoms with Crippen LogP contribution in [-0.2, 0) is 24.2 Å². The van der Waals surface area contributed by atoms with Crippen LogP contribution >= 0.6 is 11.3 Å². The van der Waals surface area contributed by atoms with Crippen molar-refractivity contribution in [3.05, 3.63) is 98.9 Å². The lowest BCUT2D eigenvalue weighted by atomic mass is 9.97. The van der Waals surface area contributed by atoms with Crippen LogP contribution in [0.5, 0.6) is 0 Å². The number of aryl methyl sites for hydroxylation is 3. The van der Waals surface area contributed by atoms with Crippen LogP contribution in [0.4, 0.5) is 0 Å². The Morgan fingerprint density at radius 3 is 2.33 bits per heavy atom. The molecular weight excluding hydrogens is 430 g/mol. The molecule has 168 valence electrons. The summed E-state index contributed by atoms with van der Waals surface area (Å²) in [5, 5.41) is 0.768. The van der Waals surface area contributed by atoms with Gasteiger partial charge >= 0.3 is 0 Å². The molecule has 0 unspecified atom stereocenters. The van der Waals surface area contributed by atoms with Crippen molar-refractivity contribution in [1.29, 1.82) is 0 Å².